The van der Waals surface area contributed by atoms with Gasteiger partial charge < -0.3 is 34.6 Å². The summed E-state index contributed by atoms with van der Waals surface area (Å²) in [6.45, 7) is 0.457. The Hall–Kier alpha value is -2.65. The van der Waals surface area contributed by atoms with Gasteiger partial charge in [0.25, 0.3) is 0 Å². The number of carboxylic acids is 1. The van der Waals surface area contributed by atoms with Gasteiger partial charge in [0.15, 0.2) is 6.10 Å². The Balaban J connectivity index is 1.61. The van der Waals surface area contributed by atoms with E-state index in [1.807, 2.05) is 24.3 Å². The molecule has 27 heavy (non-hydrogen) atoms. The second-order valence-corrected chi connectivity index (χ2v) is 6.46. The monoisotopic (exact) mass is 374 g/mol. The van der Waals surface area contributed by atoms with Crippen molar-refractivity contribution in [3.63, 3.8) is 0 Å². The summed E-state index contributed by atoms with van der Waals surface area (Å²) >= 11 is 0. The molecule has 1 saturated heterocycles. The third kappa shape index (κ3) is 3.13. The van der Waals surface area contributed by atoms with Crippen molar-refractivity contribution >= 4 is 5.97 Å². The highest BCUT2D eigenvalue weighted by atomic mass is 16.7. The fourth-order valence-electron chi connectivity index (χ4n) is 3.27. The first-order valence-electron chi connectivity index (χ1n) is 8.40. The van der Waals surface area contributed by atoms with E-state index in [1.165, 1.54) is 0 Å². The summed E-state index contributed by atoms with van der Waals surface area (Å²) in [5.41, 5.74) is 2.78. The molecule has 2 heterocycles. The maximum absolute atomic E-state index is 11.2. The van der Waals surface area contributed by atoms with Crippen LogP contribution >= 0.6 is 0 Å². The van der Waals surface area contributed by atoms with Crippen molar-refractivity contribution in [3.05, 3.63) is 48.0 Å². The van der Waals surface area contributed by atoms with E-state index in [2.05, 4.69) is 0 Å². The molecule has 0 amide bonds. The molecule has 4 rings (SSSR count). The van der Waals surface area contributed by atoms with Gasteiger partial charge in [-0.25, -0.2) is 4.79 Å². The number of aliphatic hydroxyl groups excluding tert-OH is 3. The van der Waals surface area contributed by atoms with Crippen molar-refractivity contribution in [1.29, 1.82) is 0 Å². The van der Waals surface area contributed by atoms with Crippen LogP contribution in [0.1, 0.15) is 5.56 Å². The first kappa shape index (κ1) is 17.7. The van der Waals surface area contributed by atoms with Crippen molar-refractivity contribution in [1.82, 2.24) is 0 Å². The Morgan fingerprint density at radius 1 is 1.00 bits per heavy atom. The minimum Gasteiger partial charge on any atom is -0.488 e. The van der Waals surface area contributed by atoms with E-state index in [0.29, 0.717) is 18.1 Å². The van der Waals surface area contributed by atoms with Gasteiger partial charge in [-0.05, 0) is 29.3 Å². The van der Waals surface area contributed by atoms with Crippen molar-refractivity contribution < 1.29 is 39.4 Å². The topological polar surface area (TPSA) is 126 Å². The number of ether oxygens (including phenoxy) is 3. The molecule has 1 fully saturated rings. The lowest BCUT2D eigenvalue weighted by atomic mass is 9.97. The van der Waals surface area contributed by atoms with Gasteiger partial charge in [0, 0.05) is 5.56 Å². The quantitative estimate of drug-likeness (QED) is 0.613. The van der Waals surface area contributed by atoms with Crippen molar-refractivity contribution in [2.45, 2.75) is 37.3 Å². The molecule has 0 aliphatic carbocycles. The van der Waals surface area contributed by atoms with E-state index in [9.17, 15) is 20.1 Å². The van der Waals surface area contributed by atoms with Gasteiger partial charge in [0.05, 0.1) is 0 Å². The van der Waals surface area contributed by atoms with Crippen LogP contribution in [0.2, 0.25) is 0 Å². The van der Waals surface area contributed by atoms with Crippen LogP contribution in [0.3, 0.4) is 0 Å². The zero-order chi connectivity index (χ0) is 19.1. The zero-order valence-electron chi connectivity index (χ0n) is 14.1. The fourth-order valence-corrected chi connectivity index (χ4v) is 3.27. The molecule has 142 valence electrons. The third-order valence-electron chi connectivity index (χ3n) is 4.71. The molecular formula is C19H18O8. The lowest BCUT2D eigenvalue weighted by Crippen LogP contribution is -2.61. The summed E-state index contributed by atoms with van der Waals surface area (Å²) in [7, 11) is 0. The zero-order valence-corrected chi connectivity index (χ0v) is 14.1. The van der Waals surface area contributed by atoms with E-state index in [1.54, 1.807) is 18.2 Å². The average Bonchev–Trinajstić information content (AvgIpc) is 2.68. The molecule has 2 aliphatic rings. The Kier molecular flexibility index (Phi) is 4.48. The number of benzene rings is 2. The second kappa shape index (κ2) is 6.82. The Morgan fingerprint density at radius 3 is 2.56 bits per heavy atom. The maximum atomic E-state index is 11.2. The maximum Gasteiger partial charge on any atom is 0.335 e. The molecule has 8 heteroatoms. The number of aliphatic hydroxyl groups is 3. The van der Waals surface area contributed by atoms with Gasteiger partial charge in [0.2, 0.25) is 6.29 Å². The lowest BCUT2D eigenvalue weighted by Gasteiger charge is -2.38. The van der Waals surface area contributed by atoms with Crippen LogP contribution in [0.5, 0.6) is 11.5 Å². The number of hydrogen-bond acceptors (Lipinski definition) is 7. The minimum atomic E-state index is -1.76. The number of carbonyl (C=O) groups is 1. The van der Waals surface area contributed by atoms with Gasteiger partial charge in [-0.3, -0.25) is 0 Å². The predicted molar refractivity (Wildman–Crippen MR) is 91.2 cm³/mol. The van der Waals surface area contributed by atoms with Gasteiger partial charge >= 0.3 is 5.97 Å². The summed E-state index contributed by atoms with van der Waals surface area (Å²) in [4.78, 5) is 11.2. The second-order valence-electron chi connectivity index (χ2n) is 6.46. The molecule has 0 aromatic heterocycles. The molecule has 0 radical (unpaired) electrons. The lowest BCUT2D eigenvalue weighted by molar-refractivity contribution is -0.271. The Labute approximate surface area is 154 Å². The summed E-state index contributed by atoms with van der Waals surface area (Å²) < 4.78 is 16.4. The Morgan fingerprint density at radius 2 is 1.78 bits per heavy atom. The minimum absolute atomic E-state index is 0.297. The number of fused-ring (bicyclic) bond motifs is 3. The number of carboxylic acid groups (broad SMARTS) is 1. The molecule has 0 spiro atoms. The highest BCUT2D eigenvalue weighted by Crippen LogP contribution is 2.40. The summed E-state index contributed by atoms with van der Waals surface area (Å²) in [6, 6.07) is 12.7. The molecule has 0 saturated carbocycles. The molecule has 5 atom stereocenters. The van der Waals surface area contributed by atoms with Crippen molar-refractivity contribution in [2.75, 3.05) is 0 Å². The van der Waals surface area contributed by atoms with Gasteiger partial charge in [0.1, 0.15) is 36.4 Å². The van der Waals surface area contributed by atoms with Crippen LogP contribution < -0.4 is 9.47 Å². The predicted octanol–water partition coefficient (Wildman–Crippen LogP) is 0.517. The molecule has 8 nitrogen and oxygen atoms in total. The first-order chi connectivity index (χ1) is 13.0. The van der Waals surface area contributed by atoms with E-state index >= 15 is 0 Å². The van der Waals surface area contributed by atoms with Crippen LogP contribution in [0.4, 0.5) is 0 Å². The highest BCUT2D eigenvalue weighted by Gasteiger charge is 2.48. The number of aliphatic carboxylic acids is 1. The standard InChI is InChI=1S/C19H18O8/c20-14-15(21)17(18(23)24)27-19(16(14)22)26-10-5-6-13-12(7-10)11-4-2-1-3-9(11)8-25-13/h1-7,14-17,19-22H,8H2,(H,23,24)/t14-,15-,16+,17-,19+/m0/s1. The third-order valence-corrected chi connectivity index (χ3v) is 4.71. The Bertz CT molecular complexity index is 867. The van der Waals surface area contributed by atoms with Crippen LogP contribution in [0.25, 0.3) is 11.1 Å². The van der Waals surface area contributed by atoms with Crippen molar-refractivity contribution in [2.24, 2.45) is 0 Å². The highest BCUT2D eigenvalue weighted by molar-refractivity contribution is 5.76. The van der Waals surface area contributed by atoms with Gasteiger partial charge in [-0.1, -0.05) is 24.3 Å². The van der Waals surface area contributed by atoms with E-state index in [4.69, 9.17) is 19.3 Å². The number of hydrogen-bond donors (Lipinski definition) is 4. The fraction of sp³-hybridized carbons (Fsp3) is 0.316. The normalized spacial score (nSPS) is 29.2. The SMILES string of the molecule is O=C(O)[C@H]1O[C@@H](Oc2ccc3c(c2)-c2ccccc2CO3)[C@H](O)[C@@H](O)[C@@H]1O. The largest absolute Gasteiger partial charge is 0.488 e. The van der Waals surface area contributed by atoms with E-state index in [0.717, 1.165) is 16.7 Å². The molecule has 0 bridgehead atoms. The van der Waals surface area contributed by atoms with Crippen molar-refractivity contribution in [3.8, 4) is 22.6 Å². The van der Waals surface area contributed by atoms with Crippen LogP contribution in [0, 0.1) is 0 Å². The van der Waals surface area contributed by atoms with Crippen LogP contribution in [0.15, 0.2) is 42.5 Å². The smallest absolute Gasteiger partial charge is 0.335 e. The molecule has 2 aromatic carbocycles. The number of rotatable bonds is 3. The summed E-state index contributed by atoms with van der Waals surface area (Å²) in [6.07, 6.45) is -8.26. The molecule has 2 aliphatic heterocycles. The summed E-state index contributed by atoms with van der Waals surface area (Å²) in [5, 5.41) is 38.8. The average molecular weight is 374 g/mol. The van der Waals surface area contributed by atoms with E-state index in [-0.39, 0.29) is 0 Å². The molecule has 4 N–H and O–H groups in total. The summed E-state index contributed by atoms with van der Waals surface area (Å²) in [5.74, 6) is -0.495. The molecule has 2 aromatic rings. The molecular weight excluding hydrogens is 356 g/mol. The van der Waals surface area contributed by atoms with Crippen LogP contribution in [-0.2, 0) is 16.1 Å². The first-order valence-corrected chi connectivity index (χ1v) is 8.40. The van der Waals surface area contributed by atoms with E-state index < -0.39 is 36.7 Å². The van der Waals surface area contributed by atoms with Gasteiger partial charge in [-0.15, -0.1) is 0 Å². The molecule has 0 unspecified atom stereocenters. The van der Waals surface area contributed by atoms with Gasteiger partial charge in [-0.2, -0.15) is 0 Å². The van der Waals surface area contributed by atoms with Crippen LogP contribution in [-0.4, -0.2) is 57.1 Å².